The Morgan fingerprint density at radius 2 is 1.80 bits per heavy atom. The molecule has 0 aromatic heterocycles. The Balaban J connectivity index is 1.85. The molecule has 0 heterocycles. The van der Waals surface area contributed by atoms with Crippen molar-refractivity contribution in [1.82, 2.24) is 5.32 Å². The maximum Gasteiger partial charge on any atom is 0.412 e. The quantitative estimate of drug-likeness (QED) is 0.909. The van der Waals surface area contributed by atoms with E-state index in [9.17, 15) is 4.79 Å². The molecule has 0 unspecified atom stereocenters. The molecule has 1 N–H and O–H groups in total. The predicted octanol–water partition coefficient (Wildman–Crippen LogP) is 3.12. The zero-order valence-electron chi connectivity index (χ0n) is 11.3. The number of benzene rings is 2. The second-order valence-electron chi connectivity index (χ2n) is 4.31. The third kappa shape index (κ3) is 4.40. The van der Waals surface area contributed by atoms with Gasteiger partial charge >= 0.3 is 6.09 Å². The van der Waals surface area contributed by atoms with Crippen molar-refractivity contribution in [3.05, 3.63) is 65.7 Å². The van der Waals surface area contributed by atoms with Crippen LogP contribution in [0.5, 0.6) is 5.75 Å². The van der Waals surface area contributed by atoms with Crippen LogP contribution in [0.2, 0.25) is 0 Å². The molecule has 0 radical (unpaired) electrons. The standard InChI is InChI=1S/C16H17NO3/c1-19-12-14-7-5-6-13(10-14)11-17-16(18)20-15-8-3-2-4-9-15/h2-10H,11-12H2,1H3,(H,17,18). The monoisotopic (exact) mass is 271 g/mol. The van der Waals surface area contributed by atoms with Crippen LogP contribution in [0, 0.1) is 0 Å². The molecule has 0 aliphatic rings. The number of hydrogen-bond acceptors (Lipinski definition) is 3. The van der Waals surface area contributed by atoms with Gasteiger partial charge in [0.2, 0.25) is 0 Å². The third-order valence-electron chi connectivity index (χ3n) is 2.69. The largest absolute Gasteiger partial charge is 0.412 e. The Morgan fingerprint density at radius 3 is 2.55 bits per heavy atom. The van der Waals surface area contributed by atoms with E-state index in [4.69, 9.17) is 9.47 Å². The van der Waals surface area contributed by atoms with Gasteiger partial charge in [0, 0.05) is 13.7 Å². The van der Waals surface area contributed by atoms with E-state index >= 15 is 0 Å². The van der Waals surface area contributed by atoms with Crippen LogP contribution < -0.4 is 10.1 Å². The molecule has 0 bridgehead atoms. The molecule has 0 saturated carbocycles. The average Bonchev–Trinajstić information content (AvgIpc) is 2.47. The van der Waals surface area contributed by atoms with Gasteiger partial charge in [0.1, 0.15) is 5.75 Å². The molecular formula is C16H17NO3. The molecule has 0 saturated heterocycles. The highest BCUT2D eigenvalue weighted by atomic mass is 16.6. The Hall–Kier alpha value is -2.33. The summed E-state index contributed by atoms with van der Waals surface area (Å²) in [4.78, 5) is 11.6. The maximum atomic E-state index is 11.6. The van der Waals surface area contributed by atoms with Gasteiger partial charge in [-0.3, -0.25) is 0 Å². The molecule has 0 fully saturated rings. The fraction of sp³-hybridized carbons (Fsp3) is 0.188. The summed E-state index contributed by atoms with van der Waals surface area (Å²) in [5.41, 5.74) is 2.08. The molecule has 20 heavy (non-hydrogen) atoms. The third-order valence-corrected chi connectivity index (χ3v) is 2.69. The van der Waals surface area contributed by atoms with Gasteiger partial charge in [-0.2, -0.15) is 0 Å². The number of para-hydroxylation sites is 1. The van der Waals surface area contributed by atoms with Gasteiger partial charge in [-0.25, -0.2) is 4.79 Å². The minimum absolute atomic E-state index is 0.420. The van der Waals surface area contributed by atoms with Crippen molar-refractivity contribution in [1.29, 1.82) is 0 Å². The van der Waals surface area contributed by atoms with Gasteiger partial charge in [0.25, 0.3) is 0 Å². The molecular weight excluding hydrogens is 254 g/mol. The molecule has 0 atom stereocenters. The molecule has 0 aliphatic carbocycles. The predicted molar refractivity (Wildman–Crippen MR) is 76.5 cm³/mol. The van der Waals surface area contributed by atoms with Crippen LogP contribution >= 0.6 is 0 Å². The summed E-state index contributed by atoms with van der Waals surface area (Å²) < 4.78 is 10.2. The smallest absolute Gasteiger partial charge is 0.410 e. The Kier molecular flexibility index (Phi) is 5.15. The van der Waals surface area contributed by atoms with Gasteiger partial charge in [0.15, 0.2) is 0 Å². The van der Waals surface area contributed by atoms with Crippen molar-refractivity contribution in [2.45, 2.75) is 13.2 Å². The van der Waals surface area contributed by atoms with Crippen LogP contribution in [0.4, 0.5) is 4.79 Å². The van der Waals surface area contributed by atoms with Crippen molar-refractivity contribution in [2.75, 3.05) is 7.11 Å². The first-order chi connectivity index (χ1) is 9.78. The molecule has 0 aliphatic heterocycles. The molecule has 2 aromatic rings. The van der Waals surface area contributed by atoms with E-state index < -0.39 is 6.09 Å². The van der Waals surface area contributed by atoms with Gasteiger partial charge in [0.05, 0.1) is 6.61 Å². The van der Waals surface area contributed by atoms with Crippen LogP contribution in [0.25, 0.3) is 0 Å². The SMILES string of the molecule is COCc1cccc(CNC(=O)Oc2ccccc2)c1. The number of carbonyl (C=O) groups is 1. The highest BCUT2D eigenvalue weighted by Crippen LogP contribution is 2.09. The fourth-order valence-corrected chi connectivity index (χ4v) is 1.80. The van der Waals surface area contributed by atoms with E-state index in [1.54, 1.807) is 19.2 Å². The van der Waals surface area contributed by atoms with Crippen molar-refractivity contribution in [3.63, 3.8) is 0 Å². The lowest BCUT2D eigenvalue weighted by Gasteiger charge is -2.08. The summed E-state index contributed by atoms with van der Waals surface area (Å²) in [6.45, 7) is 0.978. The molecule has 104 valence electrons. The van der Waals surface area contributed by atoms with Gasteiger partial charge in [-0.15, -0.1) is 0 Å². The highest BCUT2D eigenvalue weighted by molar-refractivity contribution is 5.70. The van der Waals surface area contributed by atoms with Crippen molar-refractivity contribution in [2.24, 2.45) is 0 Å². The lowest BCUT2D eigenvalue weighted by Crippen LogP contribution is -2.26. The number of carbonyl (C=O) groups excluding carboxylic acids is 1. The molecule has 0 spiro atoms. The average molecular weight is 271 g/mol. The molecule has 4 nitrogen and oxygen atoms in total. The minimum Gasteiger partial charge on any atom is -0.410 e. The molecule has 1 amide bonds. The summed E-state index contributed by atoms with van der Waals surface area (Å²) in [6, 6.07) is 16.8. The Bertz CT molecular complexity index is 555. The maximum absolute atomic E-state index is 11.6. The van der Waals surface area contributed by atoms with Crippen LogP contribution in [0.15, 0.2) is 54.6 Å². The molecule has 4 heteroatoms. The van der Waals surface area contributed by atoms with Crippen molar-refractivity contribution < 1.29 is 14.3 Å². The Labute approximate surface area is 118 Å². The number of amides is 1. The first-order valence-corrected chi connectivity index (χ1v) is 6.35. The molecule has 2 aromatic carbocycles. The van der Waals surface area contributed by atoms with E-state index in [1.807, 2.05) is 42.5 Å². The van der Waals surface area contributed by atoms with Crippen LogP contribution in [0.3, 0.4) is 0 Å². The number of hydrogen-bond donors (Lipinski definition) is 1. The highest BCUT2D eigenvalue weighted by Gasteiger charge is 2.04. The minimum atomic E-state index is -0.464. The first kappa shape index (κ1) is 14.1. The Morgan fingerprint density at radius 1 is 1.05 bits per heavy atom. The van der Waals surface area contributed by atoms with E-state index in [2.05, 4.69) is 5.32 Å². The number of nitrogens with one attached hydrogen (secondary N) is 1. The van der Waals surface area contributed by atoms with Crippen LogP contribution in [-0.4, -0.2) is 13.2 Å². The second kappa shape index (κ2) is 7.31. The van der Waals surface area contributed by atoms with E-state index in [0.717, 1.165) is 11.1 Å². The molecule has 2 rings (SSSR count). The second-order valence-corrected chi connectivity index (χ2v) is 4.31. The summed E-state index contributed by atoms with van der Waals surface area (Å²) in [7, 11) is 1.65. The number of rotatable bonds is 5. The number of ether oxygens (including phenoxy) is 2. The summed E-state index contributed by atoms with van der Waals surface area (Å²) >= 11 is 0. The van der Waals surface area contributed by atoms with Gasteiger partial charge in [-0.05, 0) is 23.3 Å². The topological polar surface area (TPSA) is 47.6 Å². The van der Waals surface area contributed by atoms with E-state index in [1.165, 1.54) is 0 Å². The van der Waals surface area contributed by atoms with Crippen molar-refractivity contribution in [3.8, 4) is 5.75 Å². The summed E-state index contributed by atoms with van der Waals surface area (Å²) in [5.74, 6) is 0.526. The number of methoxy groups -OCH3 is 1. The lowest BCUT2D eigenvalue weighted by atomic mass is 10.1. The van der Waals surface area contributed by atoms with Crippen LogP contribution in [0.1, 0.15) is 11.1 Å². The van der Waals surface area contributed by atoms with E-state index in [0.29, 0.717) is 18.9 Å². The lowest BCUT2D eigenvalue weighted by molar-refractivity contribution is 0.185. The van der Waals surface area contributed by atoms with Crippen molar-refractivity contribution >= 4 is 6.09 Å². The zero-order valence-corrected chi connectivity index (χ0v) is 11.3. The first-order valence-electron chi connectivity index (χ1n) is 6.35. The van der Waals surface area contributed by atoms with Gasteiger partial charge in [-0.1, -0.05) is 42.5 Å². The normalized spacial score (nSPS) is 10.1. The van der Waals surface area contributed by atoms with E-state index in [-0.39, 0.29) is 0 Å². The summed E-state index contributed by atoms with van der Waals surface area (Å²) in [5, 5.41) is 2.71. The van der Waals surface area contributed by atoms with Gasteiger partial charge < -0.3 is 14.8 Å². The fourth-order valence-electron chi connectivity index (χ4n) is 1.80. The summed E-state index contributed by atoms with van der Waals surface area (Å²) in [6.07, 6.45) is -0.464. The zero-order chi connectivity index (χ0) is 14.2. The van der Waals surface area contributed by atoms with Crippen LogP contribution in [-0.2, 0) is 17.9 Å².